The van der Waals surface area contributed by atoms with Crippen molar-refractivity contribution in [2.24, 2.45) is 50.7 Å². The Kier molecular flexibility index (Phi) is 7.01. The highest BCUT2D eigenvalue weighted by Crippen LogP contribution is 2.76. The quantitative estimate of drug-likeness (QED) is 0.317. The average Bonchev–Trinajstić information content (AvgIpc) is 3.13. The van der Waals surface area contributed by atoms with Crippen molar-refractivity contribution in [3.63, 3.8) is 0 Å². The van der Waals surface area contributed by atoms with Crippen molar-refractivity contribution in [1.29, 1.82) is 0 Å². The number of carbonyl (C=O) groups excluding carboxylic acids is 2. The van der Waals surface area contributed by atoms with Crippen molar-refractivity contribution in [2.75, 3.05) is 6.61 Å². The lowest BCUT2D eigenvalue weighted by molar-refractivity contribution is -0.211. The molecule has 0 heterocycles. The van der Waals surface area contributed by atoms with E-state index in [4.69, 9.17) is 4.43 Å². The van der Waals surface area contributed by atoms with Gasteiger partial charge in [-0.3, -0.25) is 9.59 Å². The molecule has 0 aromatic carbocycles. The van der Waals surface area contributed by atoms with Crippen LogP contribution in [-0.4, -0.2) is 26.5 Å². The molecule has 0 bridgehead atoms. The van der Waals surface area contributed by atoms with Gasteiger partial charge in [-0.1, -0.05) is 74.8 Å². The molecule has 5 aliphatic carbocycles. The molecule has 4 saturated carbocycles. The number of ketones is 2. The Bertz CT molecular complexity index is 1120. The maximum atomic E-state index is 13.9. The first kappa shape index (κ1) is 30.7. The van der Waals surface area contributed by atoms with Gasteiger partial charge in [-0.25, -0.2) is 0 Å². The van der Waals surface area contributed by atoms with Crippen molar-refractivity contribution in [3.05, 3.63) is 11.1 Å². The first-order chi connectivity index (χ1) is 18.2. The molecule has 0 unspecified atom stereocenters. The summed E-state index contributed by atoms with van der Waals surface area (Å²) in [6.45, 7) is 29.2. The highest BCUT2D eigenvalue weighted by molar-refractivity contribution is 6.74. The van der Waals surface area contributed by atoms with E-state index < -0.39 is 8.32 Å². The largest absolute Gasteiger partial charge is 0.416 e. The van der Waals surface area contributed by atoms with Crippen LogP contribution < -0.4 is 0 Å². The van der Waals surface area contributed by atoms with E-state index in [2.05, 4.69) is 82.3 Å². The maximum Gasteiger partial charge on any atom is 0.192 e. The van der Waals surface area contributed by atoms with E-state index in [1.54, 1.807) is 0 Å². The summed E-state index contributed by atoms with van der Waals surface area (Å²) in [6.07, 6.45) is 9.54. The Morgan fingerprint density at radius 1 is 0.875 bits per heavy atom. The minimum absolute atomic E-state index is 0.111. The number of allylic oxidation sites excluding steroid dienone is 1. The van der Waals surface area contributed by atoms with Gasteiger partial charge in [0.2, 0.25) is 0 Å². The molecule has 226 valence electrons. The molecular formula is C36H60O3Si. The molecule has 5 rings (SSSR count). The van der Waals surface area contributed by atoms with Gasteiger partial charge in [0.05, 0.1) is 0 Å². The fourth-order valence-electron chi connectivity index (χ4n) is 11.2. The van der Waals surface area contributed by atoms with E-state index in [1.165, 1.54) is 43.3 Å². The molecule has 0 spiro atoms. The Hall–Kier alpha value is -0.743. The summed E-state index contributed by atoms with van der Waals surface area (Å²) >= 11 is 0. The van der Waals surface area contributed by atoms with E-state index in [9.17, 15) is 9.59 Å². The van der Waals surface area contributed by atoms with Crippen molar-refractivity contribution in [3.8, 4) is 0 Å². The highest BCUT2D eigenvalue weighted by Gasteiger charge is 2.70. The summed E-state index contributed by atoms with van der Waals surface area (Å²) in [4.78, 5) is 26.9. The van der Waals surface area contributed by atoms with Gasteiger partial charge in [0.25, 0.3) is 0 Å². The predicted octanol–water partition coefficient (Wildman–Crippen LogP) is 9.56. The first-order valence-electron chi connectivity index (χ1n) is 16.6. The van der Waals surface area contributed by atoms with Crippen LogP contribution in [0.25, 0.3) is 0 Å². The third kappa shape index (κ3) is 3.96. The van der Waals surface area contributed by atoms with Gasteiger partial charge < -0.3 is 4.43 Å². The summed E-state index contributed by atoms with van der Waals surface area (Å²) in [7, 11) is -1.94. The van der Waals surface area contributed by atoms with Gasteiger partial charge in [0.1, 0.15) is 5.78 Å². The SMILES string of the molecule is CC(C)C1=C2[C@H]3CC[C@@H]4[C@@]5(C)CCC(=O)C(C)(C)[C@@H]5CC[C@@]4(C)[C@]3(C)CC[C@@]2(CO[Si](C)(C)C(C)(C)C)CC1=O. The molecule has 0 saturated heterocycles. The number of Topliss-reactive ketones (excluding diaryl/α,β-unsaturated/α-hetero) is 2. The van der Waals surface area contributed by atoms with Crippen molar-refractivity contribution in [2.45, 2.75) is 145 Å². The minimum Gasteiger partial charge on any atom is -0.416 e. The van der Waals surface area contributed by atoms with E-state index >= 15 is 0 Å². The molecule has 0 aromatic rings. The molecular weight excluding hydrogens is 508 g/mol. The Morgan fingerprint density at radius 3 is 2.12 bits per heavy atom. The first-order valence-corrected chi connectivity index (χ1v) is 19.5. The summed E-state index contributed by atoms with van der Waals surface area (Å²) in [5.41, 5.74) is 3.01. The van der Waals surface area contributed by atoms with E-state index in [0.717, 1.165) is 25.9 Å². The molecule has 7 atom stereocenters. The second-order valence-corrected chi connectivity index (χ2v) is 23.0. The zero-order valence-electron chi connectivity index (χ0n) is 28.1. The third-order valence-corrected chi connectivity index (χ3v) is 19.3. The van der Waals surface area contributed by atoms with Crippen LogP contribution in [0.5, 0.6) is 0 Å². The molecule has 0 N–H and O–H groups in total. The van der Waals surface area contributed by atoms with Gasteiger partial charge in [0, 0.05) is 30.3 Å². The molecule has 5 aliphatic rings. The van der Waals surface area contributed by atoms with Crippen molar-refractivity contribution >= 4 is 19.9 Å². The average molecular weight is 569 g/mol. The maximum absolute atomic E-state index is 13.9. The molecule has 0 amide bonds. The lowest BCUT2D eigenvalue weighted by atomic mass is 9.33. The molecule has 0 aromatic heterocycles. The van der Waals surface area contributed by atoms with Gasteiger partial charge in [-0.2, -0.15) is 0 Å². The van der Waals surface area contributed by atoms with E-state index in [0.29, 0.717) is 35.7 Å². The molecule has 0 radical (unpaired) electrons. The molecule has 4 heteroatoms. The smallest absolute Gasteiger partial charge is 0.192 e. The lowest BCUT2D eigenvalue weighted by Gasteiger charge is -2.71. The monoisotopic (exact) mass is 568 g/mol. The van der Waals surface area contributed by atoms with Crippen LogP contribution in [0.3, 0.4) is 0 Å². The normalized spacial score (nSPS) is 43.4. The zero-order valence-corrected chi connectivity index (χ0v) is 29.1. The third-order valence-electron chi connectivity index (χ3n) is 14.8. The summed E-state index contributed by atoms with van der Waals surface area (Å²) in [6, 6.07) is 0. The van der Waals surface area contributed by atoms with Crippen LogP contribution in [0.2, 0.25) is 18.1 Å². The van der Waals surface area contributed by atoms with Crippen molar-refractivity contribution in [1.82, 2.24) is 0 Å². The molecule has 40 heavy (non-hydrogen) atoms. The van der Waals surface area contributed by atoms with Gasteiger partial charge in [-0.15, -0.1) is 0 Å². The van der Waals surface area contributed by atoms with Gasteiger partial charge in [0.15, 0.2) is 14.1 Å². The molecule has 3 nitrogen and oxygen atoms in total. The minimum atomic E-state index is -1.94. The Morgan fingerprint density at radius 2 is 1.52 bits per heavy atom. The van der Waals surface area contributed by atoms with Gasteiger partial charge in [-0.05, 0) is 109 Å². The second-order valence-electron chi connectivity index (χ2n) is 18.2. The lowest BCUT2D eigenvalue weighted by Crippen LogP contribution is -2.65. The van der Waals surface area contributed by atoms with Gasteiger partial charge >= 0.3 is 0 Å². The zero-order chi connectivity index (χ0) is 29.9. The summed E-state index contributed by atoms with van der Waals surface area (Å²) in [5.74, 6) is 2.75. The number of carbonyl (C=O) groups is 2. The van der Waals surface area contributed by atoms with Crippen LogP contribution in [0, 0.1) is 50.7 Å². The number of hydrogen-bond donors (Lipinski definition) is 0. The topological polar surface area (TPSA) is 43.4 Å². The summed E-state index contributed by atoms with van der Waals surface area (Å²) < 4.78 is 7.00. The summed E-state index contributed by atoms with van der Waals surface area (Å²) in [5, 5.41) is 0.162. The van der Waals surface area contributed by atoms with E-state index in [-0.39, 0.29) is 38.0 Å². The van der Waals surface area contributed by atoms with Crippen LogP contribution in [0.1, 0.15) is 127 Å². The highest BCUT2D eigenvalue weighted by atomic mass is 28.4. The van der Waals surface area contributed by atoms with Crippen molar-refractivity contribution < 1.29 is 14.0 Å². The predicted molar refractivity (Wildman–Crippen MR) is 168 cm³/mol. The van der Waals surface area contributed by atoms with Crippen LogP contribution in [0.4, 0.5) is 0 Å². The number of rotatable bonds is 4. The standard InChI is InChI=1S/C36H60O3Si/c1-23(2)29-25(37)21-36(22-39-40(11,12)31(3,4)5)20-19-34(9)24(30(29)36)13-14-27-33(8)17-16-28(38)32(6,7)26(33)15-18-35(27,34)10/h23-24,26-27H,13-22H2,1-12H3/t24-,26+,27-,33+,34-,35-,36+/m1/s1. The second kappa shape index (κ2) is 9.13. The van der Waals surface area contributed by atoms with Crippen LogP contribution in [0.15, 0.2) is 11.1 Å². The number of fused-ring (bicyclic) bond motifs is 7. The fraction of sp³-hybridized carbons (Fsp3) is 0.889. The van der Waals surface area contributed by atoms with E-state index in [1.807, 2.05) is 0 Å². The fourth-order valence-corrected chi connectivity index (χ4v) is 12.3. The molecule has 0 aliphatic heterocycles. The number of hydrogen-bond acceptors (Lipinski definition) is 3. The molecule has 4 fully saturated rings. The van der Waals surface area contributed by atoms with Crippen LogP contribution >= 0.6 is 0 Å². The Labute approximate surface area is 247 Å². The Balaban J connectivity index is 1.56. The van der Waals surface area contributed by atoms with Crippen LogP contribution in [-0.2, 0) is 14.0 Å².